The highest BCUT2D eigenvalue weighted by molar-refractivity contribution is 7.14. The Hall–Kier alpha value is -1.66. The van der Waals surface area contributed by atoms with Crippen LogP contribution in [0.25, 0.3) is 0 Å². The van der Waals surface area contributed by atoms with Crippen molar-refractivity contribution >= 4 is 22.4 Å². The number of aryl methyl sites for hydroxylation is 1. The van der Waals surface area contributed by atoms with E-state index < -0.39 is 0 Å². The molecule has 0 aliphatic rings. The topological polar surface area (TPSA) is 67.2 Å². The Morgan fingerprint density at radius 3 is 2.95 bits per heavy atom. The third-order valence-electron chi connectivity index (χ3n) is 2.85. The molecule has 1 unspecified atom stereocenters. The Morgan fingerprint density at radius 2 is 2.32 bits per heavy atom. The highest BCUT2D eigenvalue weighted by Gasteiger charge is 2.14. The zero-order valence-electron chi connectivity index (χ0n) is 11.2. The van der Waals surface area contributed by atoms with Gasteiger partial charge in [0, 0.05) is 17.8 Å². The van der Waals surface area contributed by atoms with E-state index in [1.54, 1.807) is 6.07 Å². The fraction of sp³-hybridized carbons (Fsp3) is 0.385. The zero-order chi connectivity index (χ0) is 13.8. The van der Waals surface area contributed by atoms with E-state index in [0.717, 1.165) is 17.9 Å². The molecular formula is C13H17N3O2S. The van der Waals surface area contributed by atoms with Crippen LogP contribution in [0.3, 0.4) is 0 Å². The first-order chi connectivity index (χ1) is 9.13. The largest absolute Gasteiger partial charge is 0.456 e. The number of carbonyl (C=O) groups is 1. The molecule has 0 radical (unpaired) electrons. The molecule has 2 heterocycles. The quantitative estimate of drug-likeness (QED) is 0.883. The van der Waals surface area contributed by atoms with Gasteiger partial charge in [0.15, 0.2) is 10.9 Å². The standard InChI is InChI=1S/C13H17N3O2S/c1-4-9-5-6-11(18-9)12(17)16-13-15-10(7-19-13)8(2)14-3/h5-8,14H,4H2,1-3H3,(H,15,16,17). The molecule has 2 aromatic heterocycles. The number of carbonyl (C=O) groups excluding carboxylic acids is 1. The summed E-state index contributed by atoms with van der Waals surface area (Å²) in [5, 5.41) is 8.35. The summed E-state index contributed by atoms with van der Waals surface area (Å²) in [4.78, 5) is 16.3. The maximum atomic E-state index is 11.9. The molecule has 5 nitrogen and oxygen atoms in total. The second-order valence-corrected chi connectivity index (χ2v) is 5.02. The van der Waals surface area contributed by atoms with E-state index in [4.69, 9.17) is 4.42 Å². The molecule has 0 saturated heterocycles. The van der Waals surface area contributed by atoms with Gasteiger partial charge in [-0.2, -0.15) is 0 Å². The van der Waals surface area contributed by atoms with Gasteiger partial charge in [-0.05, 0) is 26.1 Å². The van der Waals surface area contributed by atoms with Crippen molar-refractivity contribution in [2.75, 3.05) is 12.4 Å². The average molecular weight is 279 g/mol. The first-order valence-corrected chi connectivity index (χ1v) is 7.04. The van der Waals surface area contributed by atoms with Crippen molar-refractivity contribution in [2.45, 2.75) is 26.3 Å². The zero-order valence-corrected chi connectivity index (χ0v) is 12.0. The lowest BCUT2D eigenvalue weighted by atomic mass is 10.3. The molecule has 2 aromatic rings. The molecule has 0 aromatic carbocycles. The summed E-state index contributed by atoms with van der Waals surface area (Å²) in [5.41, 5.74) is 0.913. The molecule has 0 aliphatic heterocycles. The highest BCUT2D eigenvalue weighted by Crippen LogP contribution is 2.21. The van der Waals surface area contributed by atoms with Crippen LogP contribution < -0.4 is 10.6 Å². The van der Waals surface area contributed by atoms with E-state index >= 15 is 0 Å². The van der Waals surface area contributed by atoms with Gasteiger partial charge in [0.25, 0.3) is 5.91 Å². The van der Waals surface area contributed by atoms with Crippen molar-refractivity contribution in [2.24, 2.45) is 0 Å². The second-order valence-electron chi connectivity index (χ2n) is 4.16. The Bertz CT molecular complexity index is 562. The number of furan rings is 1. The minimum absolute atomic E-state index is 0.164. The Morgan fingerprint density at radius 1 is 1.53 bits per heavy atom. The van der Waals surface area contributed by atoms with Gasteiger partial charge >= 0.3 is 0 Å². The third kappa shape index (κ3) is 3.21. The van der Waals surface area contributed by atoms with Crippen molar-refractivity contribution in [1.82, 2.24) is 10.3 Å². The summed E-state index contributed by atoms with van der Waals surface area (Å²) < 4.78 is 5.39. The summed E-state index contributed by atoms with van der Waals surface area (Å²) >= 11 is 1.40. The molecule has 0 aliphatic carbocycles. The van der Waals surface area contributed by atoms with Gasteiger partial charge in [-0.1, -0.05) is 6.92 Å². The lowest BCUT2D eigenvalue weighted by Crippen LogP contribution is -2.14. The smallest absolute Gasteiger partial charge is 0.293 e. The van der Waals surface area contributed by atoms with Crippen LogP contribution in [0.15, 0.2) is 21.9 Å². The summed E-state index contributed by atoms with van der Waals surface area (Å²) in [5.74, 6) is 0.849. The van der Waals surface area contributed by atoms with E-state index in [0.29, 0.717) is 10.9 Å². The normalized spacial score (nSPS) is 12.4. The van der Waals surface area contributed by atoms with Gasteiger partial charge in [-0.3, -0.25) is 10.1 Å². The van der Waals surface area contributed by atoms with E-state index in [1.165, 1.54) is 11.3 Å². The van der Waals surface area contributed by atoms with Crippen LogP contribution in [0, 0.1) is 0 Å². The van der Waals surface area contributed by atoms with Crippen LogP contribution in [0.2, 0.25) is 0 Å². The minimum atomic E-state index is -0.266. The molecule has 0 spiro atoms. The van der Waals surface area contributed by atoms with Crippen LogP contribution in [0.5, 0.6) is 0 Å². The molecular weight excluding hydrogens is 262 g/mol. The van der Waals surface area contributed by atoms with E-state index in [9.17, 15) is 4.79 Å². The number of nitrogens with one attached hydrogen (secondary N) is 2. The number of anilines is 1. The summed E-state index contributed by atoms with van der Waals surface area (Å²) in [6.07, 6.45) is 0.772. The number of aromatic nitrogens is 1. The average Bonchev–Trinajstić information content (AvgIpc) is 3.06. The van der Waals surface area contributed by atoms with Crippen LogP contribution in [-0.4, -0.2) is 17.9 Å². The first kappa shape index (κ1) is 13.8. The summed E-state index contributed by atoms with van der Waals surface area (Å²) in [6.45, 7) is 3.99. The summed E-state index contributed by atoms with van der Waals surface area (Å²) in [7, 11) is 1.87. The molecule has 0 fully saturated rings. The van der Waals surface area contributed by atoms with Crippen molar-refractivity contribution in [3.05, 3.63) is 34.7 Å². The van der Waals surface area contributed by atoms with E-state index in [-0.39, 0.29) is 11.9 Å². The molecule has 1 amide bonds. The molecule has 2 rings (SSSR count). The van der Waals surface area contributed by atoms with Crippen molar-refractivity contribution in [1.29, 1.82) is 0 Å². The van der Waals surface area contributed by atoms with Crippen LogP contribution in [-0.2, 0) is 6.42 Å². The van der Waals surface area contributed by atoms with Gasteiger partial charge in [0.1, 0.15) is 5.76 Å². The maximum Gasteiger partial charge on any atom is 0.293 e. The fourth-order valence-corrected chi connectivity index (χ4v) is 2.34. The van der Waals surface area contributed by atoms with Crippen molar-refractivity contribution in [3.63, 3.8) is 0 Å². The first-order valence-electron chi connectivity index (χ1n) is 6.16. The predicted molar refractivity (Wildman–Crippen MR) is 75.6 cm³/mol. The van der Waals surface area contributed by atoms with Crippen molar-refractivity contribution in [3.8, 4) is 0 Å². The lowest BCUT2D eigenvalue weighted by Gasteiger charge is -2.04. The highest BCUT2D eigenvalue weighted by atomic mass is 32.1. The number of rotatable bonds is 5. The predicted octanol–water partition coefficient (Wildman–Crippen LogP) is 2.83. The number of hydrogen-bond acceptors (Lipinski definition) is 5. The van der Waals surface area contributed by atoms with Gasteiger partial charge in [0.2, 0.25) is 0 Å². The monoisotopic (exact) mass is 279 g/mol. The molecule has 102 valence electrons. The van der Waals surface area contributed by atoms with Gasteiger partial charge in [0.05, 0.1) is 5.69 Å². The number of thiazole rings is 1. The third-order valence-corrected chi connectivity index (χ3v) is 3.63. The SMILES string of the molecule is CCc1ccc(C(=O)Nc2nc(C(C)NC)cs2)o1. The molecule has 0 bridgehead atoms. The maximum absolute atomic E-state index is 11.9. The number of hydrogen-bond donors (Lipinski definition) is 2. The number of amides is 1. The van der Waals surface area contributed by atoms with Crippen LogP contribution in [0.4, 0.5) is 5.13 Å². The van der Waals surface area contributed by atoms with Gasteiger partial charge < -0.3 is 9.73 Å². The molecule has 2 N–H and O–H groups in total. The van der Waals surface area contributed by atoms with Crippen LogP contribution in [0.1, 0.15) is 41.9 Å². The Labute approximate surface area is 116 Å². The van der Waals surface area contributed by atoms with Gasteiger partial charge in [-0.15, -0.1) is 11.3 Å². The Balaban J connectivity index is 2.04. The van der Waals surface area contributed by atoms with E-state index in [2.05, 4.69) is 15.6 Å². The Kier molecular flexibility index (Phi) is 4.34. The van der Waals surface area contributed by atoms with Crippen molar-refractivity contribution < 1.29 is 9.21 Å². The molecule has 6 heteroatoms. The van der Waals surface area contributed by atoms with Crippen LogP contribution >= 0.6 is 11.3 Å². The minimum Gasteiger partial charge on any atom is -0.456 e. The molecule has 1 atom stereocenters. The second kappa shape index (κ2) is 5.99. The molecule has 0 saturated carbocycles. The van der Waals surface area contributed by atoms with E-state index in [1.807, 2.05) is 32.3 Å². The van der Waals surface area contributed by atoms with Gasteiger partial charge in [-0.25, -0.2) is 4.98 Å². The lowest BCUT2D eigenvalue weighted by molar-refractivity contribution is 0.0995. The summed E-state index contributed by atoms with van der Waals surface area (Å²) in [6, 6.07) is 3.65. The fourth-order valence-electron chi connectivity index (χ4n) is 1.54. The molecule has 19 heavy (non-hydrogen) atoms. The number of nitrogens with zero attached hydrogens (tertiary/aromatic N) is 1.